The van der Waals surface area contributed by atoms with E-state index in [2.05, 4.69) is 10.4 Å². The summed E-state index contributed by atoms with van der Waals surface area (Å²) in [6, 6.07) is 13.5. The lowest BCUT2D eigenvalue weighted by atomic mass is 10.1. The van der Waals surface area contributed by atoms with E-state index in [0.29, 0.717) is 41.5 Å². The molecule has 2 atom stereocenters. The van der Waals surface area contributed by atoms with E-state index >= 15 is 0 Å². The van der Waals surface area contributed by atoms with Gasteiger partial charge in [0, 0.05) is 42.5 Å². The molecule has 196 valence electrons. The molecule has 2 amide bonds. The third-order valence-corrected chi connectivity index (χ3v) is 6.12. The van der Waals surface area contributed by atoms with Gasteiger partial charge in [0.15, 0.2) is 6.10 Å². The topological polar surface area (TPSA) is 106 Å². The molecule has 1 fully saturated rings. The summed E-state index contributed by atoms with van der Waals surface area (Å²) in [4.78, 5) is 26.8. The van der Waals surface area contributed by atoms with Crippen molar-refractivity contribution in [3.05, 3.63) is 65.3 Å². The molecule has 2 heterocycles. The summed E-state index contributed by atoms with van der Waals surface area (Å²) >= 11 is 5.90. The fraction of sp³-hybridized carbons (Fsp3) is 0.370. The van der Waals surface area contributed by atoms with Crippen LogP contribution in [0, 0.1) is 0 Å². The van der Waals surface area contributed by atoms with Crippen LogP contribution in [0.25, 0.3) is 11.3 Å². The highest BCUT2D eigenvalue weighted by atomic mass is 35.5. The van der Waals surface area contributed by atoms with E-state index in [-0.39, 0.29) is 12.2 Å². The lowest BCUT2D eigenvalue weighted by Crippen LogP contribution is -2.36. The standard InChI is InChI=1S/C27H31ClN4O5/c1-27(2,3)37-26(35)32-14-12-20(16-32)36-23-10-9-19(15-21(23)22-11-13-29-31(22)4)30-25(34)24(33)17-5-7-18(28)8-6-17/h5-11,13,15,20,24,33H,12,14,16H2,1-4H3,(H,30,34)/t20-,24?/m1/s1. The smallest absolute Gasteiger partial charge is 0.410 e. The maximum atomic E-state index is 12.7. The van der Waals surface area contributed by atoms with Gasteiger partial charge in [-0.3, -0.25) is 9.48 Å². The second-order valence-electron chi connectivity index (χ2n) is 9.95. The van der Waals surface area contributed by atoms with Gasteiger partial charge in [0.2, 0.25) is 0 Å². The van der Waals surface area contributed by atoms with Gasteiger partial charge in [-0.25, -0.2) is 4.79 Å². The molecule has 37 heavy (non-hydrogen) atoms. The number of hydrogen-bond acceptors (Lipinski definition) is 6. The molecule has 1 aliphatic rings. The number of aryl methyl sites for hydroxylation is 1. The average Bonchev–Trinajstić information content (AvgIpc) is 3.48. The van der Waals surface area contributed by atoms with Gasteiger partial charge in [-0.2, -0.15) is 5.10 Å². The summed E-state index contributed by atoms with van der Waals surface area (Å²) in [6.45, 7) is 6.46. The van der Waals surface area contributed by atoms with Crippen LogP contribution in [0.15, 0.2) is 54.7 Å². The number of carbonyl (C=O) groups excluding carboxylic acids is 2. The zero-order chi connectivity index (χ0) is 26.7. The van der Waals surface area contributed by atoms with E-state index < -0.39 is 17.6 Å². The maximum absolute atomic E-state index is 12.7. The average molecular weight is 527 g/mol. The van der Waals surface area contributed by atoms with Gasteiger partial charge in [-0.1, -0.05) is 23.7 Å². The van der Waals surface area contributed by atoms with Gasteiger partial charge < -0.3 is 24.8 Å². The van der Waals surface area contributed by atoms with Gasteiger partial charge in [0.25, 0.3) is 5.91 Å². The van der Waals surface area contributed by atoms with Crippen LogP contribution in [0.5, 0.6) is 5.75 Å². The number of aliphatic hydroxyl groups is 1. The van der Waals surface area contributed by atoms with Crippen LogP contribution in [-0.2, 0) is 16.6 Å². The van der Waals surface area contributed by atoms with Gasteiger partial charge in [-0.05, 0) is 62.7 Å². The Morgan fingerprint density at radius 1 is 1.16 bits per heavy atom. The third-order valence-electron chi connectivity index (χ3n) is 5.87. The molecule has 1 aliphatic heterocycles. The normalized spacial score (nSPS) is 16.4. The van der Waals surface area contributed by atoms with Crippen molar-refractivity contribution in [1.82, 2.24) is 14.7 Å². The van der Waals surface area contributed by atoms with Crippen molar-refractivity contribution in [2.45, 2.75) is 45.0 Å². The number of hydrogen-bond donors (Lipinski definition) is 2. The largest absolute Gasteiger partial charge is 0.488 e. The molecule has 1 saturated heterocycles. The summed E-state index contributed by atoms with van der Waals surface area (Å²) in [7, 11) is 1.81. The zero-order valence-electron chi connectivity index (χ0n) is 21.3. The number of nitrogens with zero attached hydrogens (tertiary/aromatic N) is 3. The van der Waals surface area contributed by atoms with Crippen LogP contribution < -0.4 is 10.1 Å². The summed E-state index contributed by atoms with van der Waals surface area (Å²) in [5.74, 6) is 0.0200. The van der Waals surface area contributed by atoms with Crippen LogP contribution in [0.3, 0.4) is 0 Å². The highest BCUT2D eigenvalue weighted by Crippen LogP contribution is 2.34. The fourth-order valence-corrected chi connectivity index (χ4v) is 4.18. The van der Waals surface area contributed by atoms with Gasteiger partial charge in [0.05, 0.1) is 12.2 Å². The lowest BCUT2D eigenvalue weighted by Gasteiger charge is -2.24. The number of rotatable bonds is 6. The Bertz CT molecular complexity index is 1270. The predicted molar refractivity (Wildman–Crippen MR) is 141 cm³/mol. The zero-order valence-corrected chi connectivity index (χ0v) is 22.0. The Morgan fingerprint density at radius 2 is 1.89 bits per heavy atom. The number of halogens is 1. The monoisotopic (exact) mass is 526 g/mol. The quantitative estimate of drug-likeness (QED) is 0.478. The van der Waals surface area contributed by atoms with Crippen LogP contribution in [0.4, 0.5) is 10.5 Å². The molecule has 9 nitrogen and oxygen atoms in total. The van der Waals surface area contributed by atoms with Gasteiger partial charge in [0.1, 0.15) is 17.5 Å². The Morgan fingerprint density at radius 3 is 2.54 bits per heavy atom. The first-order valence-corrected chi connectivity index (χ1v) is 12.4. The highest BCUT2D eigenvalue weighted by molar-refractivity contribution is 6.30. The Balaban J connectivity index is 1.51. The minimum atomic E-state index is -1.36. The van der Waals surface area contributed by atoms with E-state index in [4.69, 9.17) is 21.1 Å². The first kappa shape index (κ1) is 26.5. The number of aromatic nitrogens is 2. The first-order valence-electron chi connectivity index (χ1n) is 12.0. The Labute approximate surface area is 220 Å². The van der Waals surface area contributed by atoms with Crippen molar-refractivity contribution < 1.29 is 24.2 Å². The number of amides is 2. The van der Waals surface area contributed by atoms with Crippen LogP contribution >= 0.6 is 11.6 Å². The molecule has 0 radical (unpaired) electrons. The number of likely N-dealkylation sites (tertiary alicyclic amines) is 1. The SMILES string of the molecule is Cn1nccc1-c1cc(NC(=O)C(O)c2ccc(Cl)cc2)ccc1O[C@@H]1CCN(C(=O)OC(C)(C)C)C1. The number of carbonyl (C=O) groups is 2. The molecule has 1 aromatic heterocycles. The van der Waals surface area contributed by atoms with E-state index in [0.717, 1.165) is 11.3 Å². The third kappa shape index (κ3) is 6.61. The van der Waals surface area contributed by atoms with E-state index in [9.17, 15) is 14.7 Å². The molecule has 0 spiro atoms. The molecular formula is C27H31ClN4O5. The first-order chi connectivity index (χ1) is 17.5. The van der Waals surface area contributed by atoms with E-state index in [1.54, 1.807) is 58.2 Å². The molecule has 0 bridgehead atoms. The van der Waals surface area contributed by atoms with Crippen molar-refractivity contribution in [2.24, 2.45) is 7.05 Å². The predicted octanol–water partition coefficient (Wildman–Crippen LogP) is 4.80. The van der Waals surface area contributed by atoms with Gasteiger partial charge >= 0.3 is 6.09 Å². The second kappa shape index (κ2) is 10.8. The fourth-order valence-electron chi connectivity index (χ4n) is 4.05. The molecule has 2 N–H and O–H groups in total. The minimum Gasteiger partial charge on any atom is -0.488 e. The summed E-state index contributed by atoms with van der Waals surface area (Å²) in [6.07, 6.45) is 0.407. The number of nitrogens with one attached hydrogen (secondary N) is 1. The van der Waals surface area contributed by atoms with E-state index in [1.807, 2.05) is 33.9 Å². The molecule has 0 aliphatic carbocycles. The molecule has 2 aromatic carbocycles. The number of benzene rings is 2. The van der Waals surface area contributed by atoms with Crippen molar-refractivity contribution in [2.75, 3.05) is 18.4 Å². The molecule has 10 heteroatoms. The van der Waals surface area contributed by atoms with Crippen molar-refractivity contribution in [3.63, 3.8) is 0 Å². The van der Waals surface area contributed by atoms with Crippen LogP contribution in [0.2, 0.25) is 5.02 Å². The Kier molecular flexibility index (Phi) is 7.75. The second-order valence-corrected chi connectivity index (χ2v) is 10.4. The molecule has 1 unspecified atom stereocenters. The highest BCUT2D eigenvalue weighted by Gasteiger charge is 2.31. The summed E-state index contributed by atoms with van der Waals surface area (Å²) < 4.78 is 13.5. The molecule has 4 rings (SSSR count). The number of ether oxygens (including phenoxy) is 2. The number of anilines is 1. The molecule has 0 saturated carbocycles. The number of aliphatic hydroxyl groups excluding tert-OH is 1. The minimum absolute atomic E-state index is 0.216. The van der Waals surface area contributed by atoms with Gasteiger partial charge in [-0.15, -0.1) is 0 Å². The summed E-state index contributed by atoms with van der Waals surface area (Å²) in [5.41, 5.74) is 1.86. The molecular weight excluding hydrogens is 496 g/mol. The maximum Gasteiger partial charge on any atom is 0.410 e. The molecule has 3 aromatic rings. The van der Waals surface area contributed by atoms with Crippen molar-refractivity contribution >= 4 is 29.3 Å². The van der Waals surface area contributed by atoms with E-state index in [1.165, 1.54) is 0 Å². The van der Waals surface area contributed by atoms with Crippen molar-refractivity contribution in [3.8, 4) is 17.0 Å². The lowest BCUT2D eigenvalue weighted by molar-refractivity contribution is -0.124. The summed E-state index contributed by atoms with van der Waals surface area (Å²) in [5, 5.41) is 18.0. The Hall–Kier alpha value is -3.56. The van der Waals surface area contributed by atoms with Crippen LogP contribution in [0.1, 0.15) is 38.9 Å². The van der Waals surface area contributed by atoms with Crippen LogP contribution in [-0.4, -0.2) is 56.6 Å². The van der Waals surface area contributed by atoms with Crippen molar-refractivity contribution in [1.29, 1.82) is 0 Å².